The van der Waals surface area contributed by atoms with E-state index >= 15 is 0 Å². The molecule has 0 spiro atoms. The van der Waals surface area contributed by atoms with Gasteiger partial charge in [-0.1, -0.05) is 19.4 Å². The van der Waals surface area contributed by atoms with Gasteiger partial charge in [0, 0.05) is 6.08 Å². The van der Waals surface area contributed by atoms with E-state index in [2.05, 4.69) is 0 Å². The minimum atomic E-state index is -0.439. The highest BCUT2D eigenvalue weighted by Gasteiger charge is 2.03. The van der Waals surface area contributed by atoms with Crippen molar-refractivity contribution in [1.29, 1.82) is 0 Å². The number of rotatable bonds is 7. The van der Waals surface area contributed by atoms with Crippen molar-refractivity contribution in [3.63, 3.8) is 0 Å². The fourth-order valence-corrected chi connectivity index (χ4v) is 1.42. The Kier molecular flexibility index (Phi) is 6.64. The molecule has 0 saturated heterocycles. The summed E-state index contributed by atoms with van der Waals surface area (Å²) in [6, 6.07) is 4.59. The lowest BCUT2D eigenvalue weighted by atomic mass is 10.2. The maximum absolute atomic E-state index is 13.7. The molecule has 0 aliphatic carbocycles. The van der Waals surface area contributed by atoms with Crippen molar-refractivity contribution in [3.05, 3.63) is 35.7 Å². The zero-order valence-electron chi connectivity index (χ0n) is 11.3. The van der Waals surface area contributed by atoms with Crippen molar-refractivity contribution in [3.8, 4) is 5.75 Å². The molecule has 3 nitrogen and oxygen atoms in total. The summed E-state index contributed by atoms with van der Waals surface area (Å²) in [6.07, 6.45) is 4.68. The number of unbranched alkanes of at least 4 members (excludes halogenated alkanes) is 1. The summed E-state index contributed by atoms with van der Waals surface area (Å²) >= 11 is 0. The van der Waals surface area contributed by atoms with E-state index in [-0.39, 0.29) is 5.75 Å². The molecule has 0 saturated carbocycles. The third-order valence-corrected chi connectivity index (χ3v) is 2.41. The van der Waals surface area contributed by atoms with E-state index in [4.69, 9.17) is 9.47 Å². The Morgan fingerprint density at radius 2 is 2.16 bits per heavy atom. The second kappa shape index (κ2) is 8.29. The molecule has 0 fully saturated rings. The van der Waals surface area contributed by atoms with Gasteiger partial charge in [-0.3, -0.25) is 0 Å². The average Bonchev–Trinajstić information content (AvgIpc) is 2.39. The minimum Gasteiger partial charge on any atom is -0.491 e. The first kappa shape index (κ1) is 15.2. The Morgan fingerprint density at radius 3 is 2.79 bits per heavy atom. The largest absolute Gasteiger partial charge is 0.491 e. The van der Waals surface area contributed by atoms with Gasteiger partial charge >= 0.3 is 5.97 Å². The van der Waals surface area contributed by atoms with Crippen LogP contribution in [0.1, 0.15) is 32.3 Å². The monoisotopic (exact) mass is 266 g/mol. The Balaban J connectivity index is 2.63. The molecule has 0 heterocycles. The SMILES string of the molecule is CCCCOc1ccc(C=CC(=O)OCC)cc1F. The Bertz CT molecular complexity index is 441. The van der Waals surface area contributed by atoms with Gasteiger partial charge in [0.2, 0.25) is 0 Å². The maximum atomic E-state index is 13.7. The number of carbonyl (C=O) groups excluding carboxylic acids is 1. The van der Waals surface area contributed by atoms with Gasteiger partial charge in [-0.2, -0.15) is 0 Å². The molecule has 0 atom stereocenters. The molecular formula is C15H19FO3. The highest BCUT2D eigenvalue weighted by molar-refractivity contribution is 5.87. The first-order valence-electron chi connectivity index (χ1n) is 6.44. The van der Waals surface area contributed by atoms with E-state index in [1.165, 1.54) is 18.2 Å². The molecule has 0 aliphatic rings. The molecule has 19 heavy (non-hydrogen) atoms. The summed E-state index contributed by atoms with van der Waals surface area (Å²) in [7, 11) is 0. The number of esters is 1. The highest BCUT2D eigenvalue weighted by atomic mass is 19.1. The van der Waals surface area contributed by atoms with E-state index in [0.29, 0.717) is 18.8 Å². The maximum Gasteiger partial charge on any atom is 0.330 e. The van der Waals surface area contributed by atoms with Gasteiger partial charge in [0.15, 0.2) is 11.6 Å². The summed E-state index contributed by atoms with van der Waals surface area (Å²) < 4.78 is 23.7. The Labute approximate surface area is 113 Å². The minimum absolute atomic E-state index is 0.238. The Morgan fingerprint density at radius 1 is 1.37 bits per heavy atom. The summed E-state index contributed by atoms with van der Waals surface area (Å²) in [5, 5.41) is 0. The molecule has 1 aromatic carbocycles. The van der Waals surface area contributed by atoms with E-state index in [0.717, 1.165) is 12.8 Å². The summed E-state index contributed by atoms with van der Waals surface area (Å²) in [4.78, 5) is 11.1. The summed E-state index contributed by atoms with van der Waals surface area (Å²) in [5.41, 5.74) is 0.591. The van der Waals surface area contributed by atoms with Crippen molar-refractivity contribution in [2.45, 2.75) is 26.7 Å². The first-order chi connectivity index (χ1) is 9.17. The normalized spacial score (nSPS) is 10.7. The summed E-state index contributed by atoms with van der Waals surface area (Å²) in [6.45, 7) is 4.60. The van der Waals surface area contributed by atoms with Gasteiger partial charge in [-0.25, -0.2) is 9.18 Å². The molecule has 1 rings (SSSR count). The number of ether oxygens (including phenoxy) is 2. The van der Waals surface area contributed by atoms with Crippen molar-refractivity contribution in [1.82, 2.24) is 0 Å². The van der Waals surface area contributed by atoms with Crippen LogP contribution in [0.4, 0.5) is 4.39 Å². The molecule has 0 bridgehead atoms. The molecule has 4 heteroatoms. The molecule has 0 aliphatic heterocycles. The lowest BCUT2D eigenvalue weighted by Gasteiger charge is -2.06. The van der Waals surface area contributed by atoms with Crippen LogP contribution in [0, 0.1) is 5.82 Å². The van der Waals surface area contributed by atoms with Crippen LogP contribution in [0.5, 0.6) is 5.75 Å². The number of hydrogen-bond acceptors (Lipinski definition) is 3. The molecule has 0 N–H and O–H groups in total. The topological polar surface area (TPSA) is 35.5 Å². The third-order valence-electron chi connectivity index (χ3n) is 2.41. The zero-order chi connectivity index (χ0) is 14.1. The Hall–Kier alpha value is -1.84. The number of carbonyl (C=O) groups is 1. The van der Waals surface area contributed by atoms with Gasteiger partial charge in [-0.15, -0.1) is 0 Å². The van der Waals surface area contributed by atoms with Gasteiger partial charge in [-0.05, 0) is 37.1 Å². The smallest absolute Gasteiger partial charge is 0.330 e. The molecule has 1 aromatic rings. The lowest BCUT2D eigenvalue weighted by molar-refractivity contribution is -0.137. The average molecular weight is 266 g/mol. The van der Waals surface area contributed by atoms with Crippen molar-refractivity contribution >= 4 is 12.0 Å². The molecule has 0 radical (unpaired) electrons. The molecule has 0 aromatic heterocycles. The van der Waals surface area contributed by atoms with Crippen LogP contribution in [0.15, 0.2) is 24.3 Å². The molecule has 0 unspecified atom stereocenters. The second-order valence-electron chi connectivity index (χ2n) is 3.98. The third kappa shape index (κ3) is 5.55. The predicted octanol–water partition coefficient (Wildman–Crippen LogP) is 3.58. The highest BCUT2D eigenvalue weighted by Crippen LogP contribution is 2.19. The molecular weight excluding hydrogens is 247 g/mol. The van der Waals surface area contributed by atoms with Gasteiger partial charge in [0.25, 0.3) is 0 Å². The van der Waals surface area contributed by atoms with E-state index in [1.54, 1.807) is 19.1 Å². The fraction of sp³-hybridized carbons (Fsp3) is 0.400. The first-order valence-corrected chi connectivity index (χ1v) is 6.44. The van der Waals surface area contributed by atoms with Crippen LogP contribution in [-0.2, 0) is 9.53 Å². The van der Waals surface area contributed by atoms with E-state index in [9.17, 15) is 9.18 Å². The number of hydrogen-bond donors (Lipinski definition) is 0. The predicted molar refractivity (Wildman–Crippen MR) is 72.5 cm³/mol. The van der Waals surface area contributed by atoms with Crippen molar-refractivity contribution in [2.24, 2.45) is 0 Å². The van der Waals surface area contributed by atoms with Crippen LogP contribution >= 0.6 is 0 Å². The molecule has 104 valence electrons. The van der Waals surface area contributed by atoms with Gasteiger partial charge < -0.3 is 9.47 Å². The second-order valence-corrected chi connectivity index (χ2v) is 3.98. The van der Waals surface area contributed by atoms with Gasteiger partial charge in [0.05, 0.1) is 13.2 Å². The number of benzene rings is 1. The lowest BCUT2D eigenvalue weighted by Crippen LogP contribution is -1.99. The summed E-state index contributed by atoms with van der Waals surface area (Å²) in [5.74, 6) is -0.630. The molecule has 0 amide bonds. The van der Waals surface area contributed by atoms with Crippen LogP contribution in [0.3, 0.4) is 0 Å². The zero-order valence-corrected chi connectivity index (χ0v) is 11.3. The fourth-order valence-electron chi connectivity index (χ4n) is 1.42. The van der Waals surface area contributed by atoms with E-state index in [1.807, 2.05) is 6.92 Å². The van der Waals surface area contributed by atoms with Crippen LogP contribution < -0.4 is 4.74 Å². The van der Waals surface area contributed by atoms with E-state index < -0.39 is 11.8 Å². The standard InChI is InChI=1S/C15H19FO3/c1-3-5-10-19-14-8-6-12(11-13(14)16)7-9-15(17)18-4-2/h6-9,11H,3-5,10H2,1-2H3. The van der Waals surface area contributed by atoms with Crippen molar-refractivity contribution in [2.75, 3.05) is 13.2 Å². The van der Waals surface area contributed by atoms with Crippen LogP contribution in [0.25, 0.3) is 6.08 Å². The number of halogens is 1. The van der Waals surface area contributed by atoms with Crippen LogP contribution in [-0.4, -0.2) is 19.2 Å². The van der Waals surface area contributed by atoms with Gasteiger partial charge in [0.1, 0.15) is 0 Å². The quantitative estimate of drug-likeness (QED) is 0.430. The van der Waals surface area contributed by atoms with Crippen molar-refractivity contribution < 1.29 is 18.7 Å². The van der Waals surface area contributed by atoms with Crippen LogP contribution in [0.2, 0.25) is 0 Å².